The van der Waals surface area contributed by atoms with Crippen LogP contribution in [0.2, 0.25) is 0 Å². The number of hydrogen-bond donors (Lipinski definition) is 2. The summed E-state index contributed by atoms with van der Waals surface area (Å²) in [6.07, 6.45) is 4.17. The Hall–Kier alpha value is -1.58. The zero-order chi connectivity index (χ0) is 7.94. The molecule has 0 bridgehead atoms. The quantitative estimate of drug-likeness (QED) is 0.632. The van der Waals surface area contributed by atoms with Gasteiger partial charge in [-0.2, -0.15) is 5.10 Å². The van der Waals surface area contributed by atoms with Crippen LogP contribution < -0.4 is 5.32 Å². The van der Waals surface area contributed by atoms with E-state index in [-0.39, 0.29) is 0 Å². The predicted octanol–water partition coefficient (Wildman–Crippen LogP) is 0.960. The first-order chi connectivity index (χ1) is 5.43. The van der Waals surface area contributed by atoms with Crippen LogP contribution in [0, 0.1) is 0 Å². The zero-order valence-corrected chi connectivity index (χ0v) is 5.94. The van der Waals surface area contributed by atoms with Crippen molar-refractivity contribution in [1.82, 2.24) is 10.2 Å². The SMILES string of the molecule is OC=CCNc1cccnn1. The largest absolute Gasteiger partial charge is 0.516 e. The van der Waals surface area contributed by atoms with E-state index in [1.165, 1.54) is 0 Å². The fourth-order valence-corrected chi connectivity index (χ4v) is 0.612. The van der Waals surface area contributed by atoms with Gasteiger partial charge in [0.05, 0.1) is 6.26 Å². The maximum atomic E-state index is 8.29. The summed E-state index contributed by atoms with van der Waals surface area (Å²) in [4.78, 5) is 0. The second-order valence-corrected chi connectivity index (χ2v) is 1.87. The van der Waals surface area contributed by atoms with Gasteiger partial charge in [0.15, 0.2) is 0 Å². The number of hydrogen-bond acceptors (Lipinski definition) is 4. The molecule has 1 rings (SSSR count). The van der Waals surface area contributed by atoms with E-state index in [1.807, 2.05) is 0 Å². The van der Waals surface area contributed by atoms with Crippen molar-refractivity contribution < 1.29 is 5.11 Å². The third-order valence-corrected chi connectivity index (χ3v) is 1.08. The van der Waals surface area contributed by atoms with Crippen LogP contribution in [0.5, 0.6) is 0 Å². The molecule has 1 aromatic rings. The van der Waals surface area contributed by atoms with E-state index in [9.17, 15) is 0 Å². The molecule has 0 atom stereocenters. The highest BCUT2D eigenvalue weighted by Crippen LogP contribution is 1.95. The van der Waals surface area contributed by atoms with Gasteiger partial charge in [0.25, 0.3) is 0 Å². The van der Waals surface area contributed by atoms with Crippen molar-refractivity contribution in [3.05, 3.63) is 30.7 Å². The highest BCUT2D eigenvalue weighted by atomic mass is 16.2. The lowest BCUT2D eigenvalue weighted by atomic mass is 10.5. The first kappa shape index (κ1) is 7.53. The third kappa shape index (κ3) is 2.66. The van der Waals surface area contributed by atoms with E-state index in [1.54, 1.807) is 24.4 Å². The van der Waals surface area contributed by atoms with E-state index >= 15 is 0 Å². The lowest BCUT2D eigenvalue weighted by Crippen LogP contribution is -2.00. The van der Waals surface area contributed by atoms with Crippen molar-refractivity contribution in [3.8, 4) is 0 Å². The molecule has 0 aliphatic rings. The van der Waals surface area contributed by atoms with Gasteiger partial charge in [-0.05, 0) is 18.2 Å². The molecule has 58 valence electrons. The van der Waals surface area contributed by atoms with Crippen LogP contribution in [0.25, 0.3) is 0 Å². The van der Waals surface area contributed by atoms with E-state index in [2.05, 4.69) is 15.5 Å². The molecule has 4 heteroatoms. The Morgan fingerprint density at radius 2 is 2.55 bits per heavy atom. The van der Waals surface area contributed by atoms with Crippen LogP contribution >= 0.6 is 0 Å². The molecular weight excluding hydrogens is 142 g/mol. The van der Waals surface area contributed by atoms with Crippen molar-refractivity contribution >= 4 is 5.82 Å². The average molecular weight is 151 g/mol. The topological polar surface area (TPSA) is 58.0 Å². The van der Waals surface area contributed by atoms with Crippen LogP contribution in [-0.2, 0) is 0 Å². The molecule has 0 unspecified atom stereocenters. The number of aliphatic hydroxyl groups excluding tert-OH is 1. The summed E-state index contributed by atoms with van der Waals surface area (Å²) < 4.78 is 0. The molecule has 0 aliphatic carbocycles. The van der Waals surface area contributed by atoms with Gasteiger partial charge in [-0.1, -0.05) is 0 Å². The van der Waals surface area contributed by atoms with Crippen molar-refractivity contribution in [2.75, 3.05) is 11.9 Å². The predicted molar refractivity (Wildman–Crippen MR) is 42.3 cm³/mol. The van der Waals surface area contributed by atoms with E-state index in [0.29, 0.717) is 12.4 Å². The number of anilines is 1. The first-order valence-electron chi connectivity index (χ1n) is 3.24. The molecule has 0 saturated heterocycles. The van der Waals surface area contributed by atoms with E-state index < -0.39 is 0 Å². The summed E-state index contributed by atoms with van der Waals surface area (Å²) in [5, 5.41) is 18.7. The Kier molecular flexibility index (Phi) is 2.92. The monoisotopic (exact) mass is 151 g/mol. The van der Waals surface area contributed by atoms with Gasteiger partial charge in [0.1, 0.15) is 5.82 Å². The number of aromatic nitrogens is 2. The molecule has 0 aromatic carbocycles. The maximum absolute atomic E-state index is 8.29. The number of nitrogens with one attached hydrogen (secondary N) is 1. The third-order valence-electron chi connectivity index (χ3n) is 1.08. The lowest BCUT2D eigenvalue weighted by molar-refractivity contribution is 0.472. The Morgan fingerprint density at radius 1 is 1.64 bits per heavy atom. The standard InChI is InChI=1S/C7H9N3O/c11-6-2-4-8-7-3-1-5-9-10-7/h1-3,5-6,11H,4H2,(H,8,10). The van der Waals surface area contributed by atoms with Gasteiger partial charge in [-0.15, -0.1) is 5.10 Å². The van der Waals surface area contributed by atoms with E-state index in [0.717, 1.165) is 6.26 Å². The lowest BCUT2D eigenvalue weighted by Gasteiger charge is -1.97. The second-order valence-electron chi connectivity index (χ2n) is 1.87. The number of rotatable bonds is 3. The summed E-state index contributed by atoms with van der Waals surface area (Å²) in [6, 6.07) is 3.59. The Balaban J connectivity index is 2.39. The fourth-order valence-electron chi connectivity index (χ4n) is 0.612. The van der Waals surface area contributed by atoms with Crippen LogP contribution in [0.1, 0.15) is 0 Å². The smallest absolute Gasteiger partial charge is 0.148 e. The summed E-state index contributed by atoms with van der Waals surface area (Å²) >= 11 is 0. The number of aliphatic hydroxyl groups is 1. The normalized spacial score (nSPS) is 10.2. The van der Waals surface area contributed by atoms with Crippen LogP contribution in [0.15, 0.2) is 30.7 Å². The molecule has 4 nitrogen and oxygen atoms in total. The van der Waals surface area contributed by atoms with Gasteiger partial charge in [-0.3, -0.25) is 0 Å². The molecule has 1 aromatic heterocycles. The van der Waals surface area contributed by atoms with Crippen LogP contribution in [0.3, 0.4) is 0 Å². The van der Waals surface area contributed by atoms with Crippen LogP contribution in [-0.4, -0.2) is 21.8 Å². The Morgan fingerprint density at radius 3 is 3.18 bits per heavy atom. The van der Waals surface area contributed by atoms with Gasteiger partial charge in [0, 0.05) is 12.7 Å². The molecule has 0 aliphatic heterocycles. The van der Waals surface area contributed by atoms with Gasteiger partial charge < -0.3 is 10.4 Å². The summed E-state index contributed by atoms with van der Waals surface area (Å²) in [5.74, 6) is 0.700. The maximum Gasteiger partial charge on any atom is 0.148 e. The summed E-state index contributed by atoms with van der Waals surface area (Å²) in [6.45, 7) is 0.551. The molecule has 11 heavy (non-hydrogen) atoms. The highest BCUT2D eigenvalue weighted by Gasteiger charge is 1.86. The van der Waals surface area contributed by atoms with Gasteiger partial charge >= 0.3 is 0 Å². The van der Waals surface area contributed by atoms with Gasteiger partial charge in [-0.25, -0.2) is 0 Å². The van der Waals surface area contributed by atoms with Crippen molar-refractivity contribution in [3.63, 3.8) is 0 Å². The Labute approximate surface area is 64.6 Å². The average Bonchev–Trinajstić information content (AvgIpc) is 2.07. The highest BCUT2D eigenvalue weighted by molar-refractivity contribution is 5.31. The second kappa shape index (κ2) is 4.27. The van der Waals surface area contributed by atoms with Crippen LogP contribution in [0.4, 0.5) is 5.82 Å². The molecule has 0 saturated carbocycles. The minimum Gasteiger partial charge on any atom is -0.516 e. The fraction of sp³-hybridized carbons (Fsp3) is 0.143. The molecule has 0 fully saturated rings. The Bertz CT molecular complexity index is 222. The van der Waals surface area contributed by atoms with Crippen molar-refractivity contribution in [1.29, 1.82) is 0 Å². The summed E-state index contributed by atoms with van der Waals surface area (Å²) in [7, 11) is 0. The minimum atomic E-state index is 0.551. The minimum absolute atomic E-state index is 0.551. The number of nitrogens with zero attached hydrogens (tertiary/aromatic N) is 2. The molecule has 2 N–H and O–H groups in total. The molecule has 0 spiro atoms. The first-order valence-corrected chi connectivity index (χ1v) is 3.24. The molecule has 1 heterocycles. The summed E-state index contributed by atoms with van der Waals surface area (Å²) in [5.41, 5.74) is 0. The van der Waals surface area contributed by atoms with Gasteiger partial charge in [0.2, 0.25) is 0 Å². The molecule has 0 amide bonds. The van der Waals surface area contributed by atoms with E-state index in [4.69, 9.17) is 5.11 Å². The zero-order valence-electron chi connectivity index (χ0n) is 5.94. The van der Waals surface area contributed by atoms with Crippen molar-refractivity contribution in [2.45, 2.75) is 0 Å². The molecular formula is C7H9N3O. The van der Waals surface area contributed by atoms with Crippen molar-refractivity contribution in [2.24, 2.45) is 0 Å². The molecule has 0 radical (unpaired) electrons.